The molecular weight excluding hydrogens is 544 g/mol. The van der Waals surface area contributed by atoms with Crippen molar-refractivity contribution in [2.45, 2.75) is 39.4 Å². The van der Waals surface area contributed by atoms with E-state index in [0.29, 0.717) is 26.9 Å². The molecule has 9 nitrogen and oxygen atoms in total. The lowest BCUT2D eigenvalue weighted by Crippen LogP contribution is -2.28. The van der Waals surface area contributed by atoms with E-state index in [1.807, 2.05) is 30.3 Å². The van der Waals surface area contributed by atoms with Crippen molar-refractivity contribution in [3.63, 3.8) is 0 Å². The van der Waals surface area contributed by atoms with Gasteiger partial charge in [-0.15, -0.1) is 0 Å². The molecule has 0 N–H and O–H groups in total. The number of sulfone groups is 1. The minimum Gasteiger partial charge on any atom is -0.619 e. The third-order valence-electron chi connectivity index (χ3n) is 6.91. The van der Waals surface area contributed by atoms with E-state index in [1.165, 1.54) is 18.5 Å². The zero-order valence-corrected chi connectivity index (χ0v) is 24.6. The Kier molecular flexibility index (Phi) is 7.91. The van der Waals surface area contributed by atoms with Gasteiger partial charge in [-0.2, -0.15) is 4.73 Å². The lowest BCUT2D eigenvalue weighted by molar-refractivity contribution is -0.605. The molecule has 2 aromatic heterocycles. The van der Waals surface area contributed by atoms with Gasteiger partial charge in [-0.3, -0.25) is 9.78 Å². The van der Waals surface area contributed by atoms with E-state index in [2.05, 4.69) is 4.98 Å². The maximum Gasteiger partial charge on any atom is 0.347 e. The molecule has 0 bridgehead atoms. The second-order valence-corrected chi connectivity index (χ2v) is 13.9. The highest BCUT2D eigenvalue weighted by atomic mass is 32.2. The van der Waals surface area contributed by atoms with Gasteiger partial charge in [-0.25, -0.2) is 13.2 Å². The highest BCUT2D eigenvalue weighted by Gasteiger charge is 2.33. The molecular formula is C31H32N2O7S. The quantitative estimate of drug-likeness (QED) is 0.127. The van der Waals surface area contributed by atoms with Crippen LogP contribution in [-0.4, -0.2) is 38.4 Å². The van der Waals surface area contributed by atoms with Crippen molar-refractivity contribution < 1.29 is 32.2 Å². The SMILES string of the molecule is CC(C)(C)C(=O)OCOC(=O)c1cc(-c2cccc(-c3cc(C(C)(C)S(C)(=O)=O)cc4cccnc34)c2)c[n+]([O-])c1. The number of rotatable bonds is 7. The molecule has 0 aliphatic heterocycles. The van der Waals surface area contributed by atoms with E-state index < -0.39 is 38.7 Å². The first-order chi connectivity index (χ1) is 19.1. The first-order valence-electron chi connectivity index (χ1n) is 12.9. The Hall–Kier alpha value is -4.31. The standard InChI is InChI=1S/C31H32N2O7S/c1-30(2,3)29(35)40-19-39-28(34)24-14-23(17-33(36)18-24)20-9-7-10-21(13-20)26-16-25(31(4,5)41(6,37)38)15-22-11-8-12-32-27(22)26/h7-18H,19H2,1-6H3. The van der Waals surface area contributed by atoms with E-state index in [-0.39, 0.29) is 5.56 Å². The second kappa shape index (κ2) is 10.9. The molecule has 4 aromatic rings. The molecule has 4 rings (SSSR count). The summed E-state index contributed by atoms with van der Waals surface area (Å²) in [6.45, 7) is 7.79. The lowest BCUT2D eigenvalue weighted by atomic mass is 9.92. The van der Waals surface area contributed by atoms with Crippen LogP contribution in [0.2, 0.25) is 0 Å². The monoisotopic (exact) mass is 576 g/mol. The molecule has 0 fully saturated rings. The van der Waals surface area contributed by atoms with E-state index in [9.17, 15) is 23.2 Å². The zero-order chi connectivity index (χ0) is 30.2. The summed E-state index contributed by atoms with van der Waals surface area (Å²) < 4.78 is 34.7. The fourth-order valence-electron chi connectivity index (χ4n) is 4.10. The van der Waals surface area contributed by atoms with Crippen LogP contribution in [0.25, 0.3) is 33.2 Å². The van der Waals surface area contributed by atoms with Gasteiger partial charge in [0.1, 0.15) is 5.56 Å². The van der Waals surface area contributed by atoms with Gasteiger partial charge in [0, 0.05) is 29.0 Å². The number of hydrogen-bond acceptors (Lipinski definition) is 8. The summed E-state index contributed by atoms with van der Waals surface area (Å²) in [6, 6.07) is 16.2. The molecule has 214 valence electrons. The maximum atomic E-state index is 12.6. The van der Waals surface area contributed by atoms with Crippen LogP contribution in [-0.2, 0) is 28.9 Å². The number of nitrogens with zero attached hydrogens (tertiary/aromatic N) is 2. The molecule has 0 atom stereocenters. The average Bonchev–Trinajstić information content (AvgIpc) is 2.90. The topological polar surface area (TPSA) is 127 Å². The van der Waals surface area contributed by atoms with Crippen LogP contribution in [0.1, 0.15) is 50.5 Å². The fraction of sp³-hybridized carbons (Fsp3) is 0.290. The lowest BCUT2D eigenvalue weighted by Gasteiger charge is -2.24. The van der Waals surface area contributed by atoms with Gasteiger partial charge < -0.3 is 14.7 Å². The van der Waals surface area contributed by atoms with Crippen molar-refractivity contribution in [2.24, 2.45) is 5.41 Å². The Labute approximate surface area is 239 Å². The summed E-state index contributed by atoms with van der Waals surface area (Å²) in [5.74, 6) is -1.35. The summed E-state index contributed by atoms with van der Waals surface area (Å²) in [7, 11) is -3.44. The molecule has 2 heterocycles. The highest BCUT2D eigenvalue weighted by Crippen LogP contribution is 2.37. The van der Waals surface area contributed by atoms with Crippen molar-refractivity contribution in [2.75, 3.05) is 13.0 Å². The average molecular weight is 577 g/mol. The predicted molar refractivity (Wildman–Crippen MR) is 155 cm³/mol. The van der Waals surface area contributed by atoms with Crippen LogP contribution in [0, 0.1) is 10.6 Å². The van der Waals surface area contributed by atoms with Gasteiger partial charge in [0.05, 0.1) is 15.7 Å². The molecule has 0 unspecified atom stereocenters. The molecule has 0 aliphatic rings. The third kappa shape index (κ3) is 6.38. The van der Waals surface area contributed by atoms with Crippen molar-refractivity contribution in [3.05, 3.63) is 89.5 Å². The van der Waals surface area contributed by atoms with E-state index >= 15 is 0 Å². The summed E-state index contributed by atoms with van der Waals surface area (Å²) in [6.07, 6.45) is 5.29. The molecule has 0 spiro atoms. The molecule has 0 radical (unpaired) electrons. The minimum absolute atomic E-state index is 0.0151. The number of fused-ring (bicyclic) bond motifs is 1. The van der Waals surface area contributed by atoms with E-state index in [1.54, 1.807) is 59.0 Å². The Bertz CT molecular complexity index is 1760. The van der Waals surface area contributed by atoms with Crippen molar-refractivity contribution in [1.82, 2.24) is 4.98 Å². The normalized spacial score (nSPS) is 12.2. The zero-order valence-electron chi connectivity index (χ0n) is 23.8. The number of aromatic nitrogens is 2. The van der Waals surface area contributed by atoms with Gasteiger partial charge in [-0.1, -0.05) is 24.3 Å². The van der Waals surface area contributed by atoms with E-state index in [0.717, 1.165) is 22.7 Å². The maximum absolute atomic E-state index is 12.6. The summed E-state index contributed by atoms with van der Waals surface area (Å²) in [4.78, 5) is 29.1. The fourth-order valence-corrected chi connectivity index (χ4v) is 4.65. The largest absolute Gasteiger partial charge is 0.619 e. The minimum atomic E-state index is -3.44. The smallest absolute Gasteiger partial charge is 0.347 e. The molecule has 0 aliphatic carbocycles. The predicted octanol–water partition coefficient (Wildman–Crippen LogP) is 5.19. The molecule has 41 heavy (non-hydrogen) atoms. The first-order valence-corrected chi connectivity index (χ1v) is 14.7. The number of hydrogen-bond donors (Lipinski definition) is 0. The number of esters is 2. The molecule has 0 saturated carbocycles. The summed E-state index contributed by atoms with van der Waals surface area (Å²) in [5.41, 5.74) is 3.11. The first kappa shape index (κ1) is 29.7. The second-order valence-electron chi connectivity index (χ2n) is 11.4. The molecule has 0 saturated heterocycles. The Morgan fingerprint density at radius 3 is 2.29 bits per heavy atom. The molecule has 10 heteroatoms. The van der Waals surface area contributed by atoms with Crippen LogP contribution < -0.4 is 4.73 Å². The molecule has 0 amide bonds. The number of carbonyl (C=O) groups excluding carboxylic acids is 2. The van der Waals surface area contributed by atoms with Crippen molar-refractivity contribution >= 4 is 32.7 Å². The number of pyridine rings is 2. The number of carbonyl (C=O) groups is 2. The van der Waals surface area contributed by atoms with Gasteiger partial charge in [0.25, 0.3) is 0 Å². The Balaban J connectivity index is 1.72. The highest BCUT2D eigenvalue weighted by molar-refractivity contribution is 7.91. The van der Waals surface area contributed by atoms with Crippen LogP contribution >= 0.6 is 0 Å². The van der Waals surface area contributed by atoms with E-state index in [4.69, 9.17) is 9.47 Å². The molecule has 2 aromatic carbocycles. The Morgan fingerprint density at radius 1 is 0.902 bits per heavy atom. The Morgan fingerprint density at radius 2 is 1.61 bits per heavy atom. The van der Waals surface area contributed by atoms with Crippen molar-refractivity contribution in [3.8, 4) is 22.3 Å². The third-order valence-corrected chi connectivity index (χ3v) is 9.00. The summed E-state index contributed by atoms with van der Waals surface area (Å²) in [5, 5.41) is 13.2. The van der Waals surface area contributed by atoms with Crippen LogP contribution in [0.15, 0.2) is 73.2 Å². The van der Waals surface area contributed by atoms with Crippen LogP contribution in [0.4, 0.5) is 0 Å². The number of benzene rings is 2. The van der Waals surface area contributed by atoms with Gasteiger partial charge in [0.2, 0.25) is 6.79 Å². The van der Waals surface area contributed by atoms with Gasteiger partial charge in [0.15, 0.2) is 22.2 Å². The summed E-state index contributed by atoms with van der Waals surface area (Å²) >= 11 is 0. The van der Waals surface area contributed by atoms with Gasteiger partial charge in [-0.05, 0) is 81.6 Å². The van der Waals surface area contributed by atoms with Crippen molar-refractivity contribution in [1.29, 1.82) is 0 Å². The number of ether oxygens (including phenoxy) is 2. The van der Waals surface area contributed by atoms with Crippen LogP contribution in [0.5, 0.6) is 0 Å². The van der Waals surface area contributed by atoms with Gasteiger partial charge >= 0.3 is 11.9 Å². The van der Waals surface area contributed by atoms with Crippen LogP contribution in [0.3, 0.4) is 0 Å².